The lowest BCUT2D eigenvalue weighted by molar-refractivity contribution is -0.108. The molecular formula is C30H36Cl4N4O3. The molecule has 0 spiro atoms. The van der Waals surface area contributed by atoms with Gasteiger partial charge >= 0.3 is 0 Å². The highest BCUT2D eigenvalue weighted by Gasteiger charge is 2.20. The number of benzene rings is 2. The zero-order chi connectivity index (χ0) is 30.2. The molecule has 0 aliphatic carbocycles. The summed E-state index contributed by atoms with van der Waals surface area (Å²) >= 11 is 23.5. The number of rotatable bonds is 6. The van der Waals surface area contributed by atoms with Crippen molar-refractivity contribution in [1.82, 2.24) is 19.1 Å². The smallest absolute Gasteiger partial charge is 0.158 e. The maximum absolute atomic E-state index is 10.3. The molecule has 0 radical (unpaired) electrons. The number of hydrogen-bond acceptors (Lipinski definition) is 5. The van der Waals surface area contributed by atoms with Gasteiger partial charge in [-0.25, -0.2) is 9.97 Å². The van der Waals surface area contributed by atoms with Gasteiger partial charge < -0.3 is 23.4 Å². The van der Waals surface area contributed by atoms with Crippen molar-refractivity contribution in [3.8, 4) is 0 Å². The Labute approximate surface area is 262 Å². The van der Waals surface area contributed by atoms with Crippen LogP contribution in [0.5, 0.6) is 0 Å². The van der Waals surface area contributed by atoms with Crippen LogP contribution >= 0.6 is 46.4 Å². The zero-order valence-electron chi connectivity index (χ0n) is 23.6. The van der Waals surface area contributed by atoms with Crippen molar-refractivity contribution < 1.29 is 14.3 Å². The van der Waals surface area contributed by atoms with Crippen molar-refractivity contribution in [1.29, 1.82) is 0 Å². The number of aldehydes is 1. The highest BCUT2D eigenvalue weighted by molar-refractivity contribution is 6.42. The molecule has 0 saturated carbocycles. The average molecular weight is 642 g/mol. The Hall–Kier alpha value is -2.39. The minimum absolute atomic E-state index is 0.0792. The molecule has 41 heavy (non-hydrogen) atoms. The van der Waals surface area contributed by atoms with E-state index in [2.05, 4.69) is 16.9 Å². The Morgan fingerprint density at radius 2 is 1.27 bits per heavy atom. The van der Waals surface area contributed by atoms with E-state index in [9.17, 15) is 4.79 Å². The lowest BCUT2D eigenvalue weighted by Gasteiger charge is -2.16. The molecule has 4 aromatic rings. The molecule has 7 nitrogen and oxygen atoms in total. The number of ether oxygens (including phenoxy) is 2. The molecule has 1 aliphatic heterocycles. The van der Waals surface area contributed by atoms with Crippen LogP contribution in [0.3, 0.4) is 0 Å². The van der Waals surface area contributed by atoms with Gasteiger partial charge in [-0.05, 0) is 47.2 Å². The van der Waals surface area contributed by atoms with Gasteiger partial charge in [0.15, 0.2) is 6.29 Å². The largest absolute Gasteiger partial charge is 0.350 e. The topological polar surface area (TPSA) is 71.2 Å². The lowest BCUT2D eigenvalue weighted by Crippen LogP contribution is -2.11. The second kappa shape index (κ2) is 18.9. The third kappa shape index (κ3) is 13.4. The van der Waals surface area contributed by atoms with E-state index in [1.54, 1.807) is 37.2 Å². The highest BCUT2D eigenvalue weighted by atomic mass is 35.5. The fourth-order valence-corrected chi connectivity index (χ4v) is 4.15. The third-order valence-electron chi connectivity index (χ3n) is 5.99. The van der Waals surface area contributed by atoms with E-state index in [0.29, 0.717) is 45.6 Å². The van der Waals surface area contributed by atoms with Crippen LogP contribution in [0.2, 0.25) is 20.1 Å². The van der Waals surface area contributed by atoms with Gasteiger partial charge in [0.2, 0.25) is 0 Å². The first kappa shape index (κ1) is 34.8. The van der Waals surface area contributed by atoms with Crippen molar-refractivity contribution in [3.05, 3.63) is 105 Å². The summed E-state index contributed by atoms with van der Waals surface area (Å²) in [5.74, 6) is 0.546. The monoisotopic (exact) mass is 640 g/mol. The average Bonchev–Trinajstić information content (AvgIpc) is 3.74. The van der Waals surface area contributed by atoms with E-state index in [-0.39, 0.29) is 12.2 Å². The molecule has 3 heterocycles. The number of carbonyl (C=O) groups is 1. The highest BCUT2D eigenvalue weighted by Crippen LogP contribution is 2.30. The molecule has 5 rings (SSSR count). The number of hydrogen-bond donors (Lipinski definition) is 0. The summed E-state index contributed by atoms with van der Waals surface area (Å²) in [4.78, 5) is 17.9. The second-order valence-corrected chi connectivity index (χ2v) is 11.0. The van der Waals surface area contributed by atoms with Crippen LogP contribution in [0.4, 0.5) is 0 Å². The van der Waals surface area contributed by atoms with Crippen LogP contribution in [0.15, 0.2) is 73.8 Å². The normalized spacial score (nSPS) is 14.0. The van der Waals surface area contributed by atoms with Crippen molar-refractivity contribution in [3.63, 3.8) is 0 Å². The summed E-state index contributed by atoms with van der Waals surface area (Å²) in [6, 6.07) is 11.2. The van der Waals surface area contributed by atoms with E-state index >= 15 is 0 Å². The molecule has 0 N–H and O–H groups in total. The van der Waals surface area contributed by atoms with Gasteiger partial charge in [-0.15, -0.1) is 0 Å². The number of imidazole rings is 2. The van der Waals surface area contributed by atoms with Crippen molar-refractivity contribution in [2.45, 2.75) is 44.8 Å². The Bertz CT molecular complexity index is 1250. The van der Waals surface area contributed by atoms with Crippen molar-refractivity contribution >= 4 is 52.7 Å². The van der Waals surface area contributed by atoms with Crippen LogP contribution < -0.4 is 0 Å². The lowest BCUT2D eigenvalue weighted by atomic mass is 9.98. The molecular weight excluding hydrogens is 606 g/mol. The Morgan fingerprint density at radius 1 is 0.805 bits per heavy atom. The summed E-state index contributed by atoms with van der Waals surface area (Å²) in [7, 11) is 3.88. The van der Waals surface area contributed by atoms with Gasteiger partial charge in [0.25, 0.3) is 0 Å². The molecule has 0 amide bonds. The number of aromatic nitrogens is 4. The van der Waals surface area contributed by atoms with Gasteiger partial charge in [0.05, 0.1) is 46.0 Å². The molecule has 2 aromatic heterocycles. The molecule has 2 aromatic carbocycles. The van der Waals surface area contributed by atoms with Crippen LogP contribution in [-0.2, 0) is 28.4 Å². The quantitative estimate of drug-likeness (QED) is 0.198. The minimum Gasteiger partial charge on any atom is -0.350 e. The van der Waals surface area contributed by atoms with Crippen molar-refractivity contribution in [2.75, 3.05) is 13.2 Å². The van der Waals surface area contributed by atoms with Crippen LogP contribution in [0.25, 0.3) is 0 Å². The minimum atomic E-state index is -0.0792. The number of aryl methyl sites for hydroxylation is 2. The van der Waals surface area contributed by atoms with Crippen LogP contribution in [0.1, 0.15) is 49.7 Å². The number of nitrogens with zero attached hydrogens (tertiary/aromatic N) is 4. The molecule has 11 heteroatoms. The fraction of sp³-hybridized carbons (Fsp3) is 0.367. The van der Waals surface area contributed by atoms with E-state index in [4.69, 9.17) is 55.9 Å². The second-order valence-electron chi connectivity index (χ2n) is 9.41. The summed E-state index contributed by atoms with van der Waals surface area (Å²) < 4.78 is 14.6. The summed E-state index contributed by atoms with van der Waals surface area (Å²) in [5, 5.41) is 2.27. The van der Waals surface area contributed by atoms with E-state index < -0.39 is 0 Å². The fourth-order valence-electron chi connectivity index (χ4n) is 3.54. The van der Waals surface area contributed by atoms with Gasteiger partial charge in [-0.3, -0.25) is 0 Å². The molecule has 1 fully saturated rings. The van der Waals surface area contributed by atoms with E-state index in [1.807, 2.05) is 66.8 Å². The predicted molar refractivity (Wildman–Crippen MR) is 167 cm³/mol. The summed E-state index contributed by atoms with van der Waals surface area (Å²) in [6.07, 6.45) is 13.0. The zero-order valence-corrected chi connectivity index (χ0v) is 26.6. The predicted octanol–water partition coefficient (Wildman–Crippen LogP) is 8.39. The van der Waals surface area contributed by atoms with Gasteiger partial charge in [-0.2, -0.15) is 0 Å². The van der Waals surface area contributed by atoms with Gasteiger partial charge in [0.1, 0.15) is 6.29 Å². The number of halogens is 4. The molecule has 1 saturated heterocycles. The first-order chi connectivity index (χ1) is 19.6. The van der Waals surface area contributed by atoms with E-state index in [1.165, 1.54) is 0 Å². The molecule has 222 valence electrons. The Kier molecular flexibility index (Phi) is 16.1. The van der Waals surface area contributed by atoms with Gasteiger partial charge in [0, 0.05) is 51.7 Å². The van der Waals surface area contributed by atoms with Crippen LogP contribution in [-0.4, -0.2) is 44.9 Å². The van der Waals surface area contributed by atoms with E-state index in [0.717, 1.165) is 23.8 Å². The standard InChI is InChI=1S/C12H14Cl2O2.C10H10Cl2O.2C4H6N2/c1-8(6-12-15-4-5-16-12)9-2-3-10(13)11(14)7-9;1-7(4-5-13)8-2-3-9(11)10(12)6-8;2*1-6-3-2-5-4-6/h2-3,7-8,12H,4-6H2,1H3;2-3,5-7H,4H2,1H3;2*2-4H,1H3. The molecule has 2 atom stereocenters. The molecule has 1 aliphatic rings. The first-order valence-corrected chi connectivity index (χ1v) is 14.5. The maximum atomic E-state index is 10.3. The Balaban J connectivity index is 0.000000208. The molecule has 0 bridgehead atoms. The number of carbonyl (C=O) groups excluding carboxylic acids is 1. The van der Waals surface area contributed by atoms with Gasteiger partial charge in [-0.1, -0.05) is 72.4 Å². The summed E-state index contributed by atoms with van der Waals surface area (Å²) in [6.45, 7) is 5.50. The van der Waals surface area contributed by atoms with Crippen molar-refractivity contribution in [2.24, 2.45) is 14.1 Å². The maximum Gasteiger partial charge on any atom is 0.158 e. The first-order valence-electron chi connectivity index (χ1n) is 13.0. The van der Waals surface area contributed by atoms with Crippen LogP contribution in [0, 0.1) is 0 Å². The SMILES string of the molecule is CC(CC1OCCO1)c1ccc(Cl)c(Cl)c1.CC(CC=O)c1ccc(Cl)c(Cl)c1.Cn1ccnc1.Cn1ccnc1. The Morgan fingerprint density at radius 3 is 1.61 bits per heavy atom. The third-order valence-corrected chi connectivity index (χ3v) is 7.46. The summed E-state index contributed by atoms with van der Waals surface area (Å²) in [5.41, 5.74) is 2.20. The molecule has 2 unspecified atom stereocenters.